The lowest BCUT2D eigenvalue weighted by Gasteiger charge is -2.11. The molecule has 0 spiro atoms. The van der Waals surface area contributed by atoms with Gasteiger partial charge in [0.1, 0.15) is 6.54 Å². The SMILES string of the molecule is CCNC(=NCC(=O)N(C)C)NCc1cc(C(C)C)no1.I. The summed E-state index contributed by atoms with van der Waals surface area (Å²) in [6.45, 7) is 7.39. The number of hydrogen-bond acceptors (Lipinski definition) is 4. The summed E-state index contributed by atoms with van der Waals surface area (Å²) in [5.74, 6) is 1.61. The van der Waals surface area contributed by atoms with Crippen LogP contribution in [-0.4, -0.2) is 49.1 Å². The molecule has 0 unspecified atom stereocenters. The minimum atomic E-state index is -0.0473. The predicted molar refractivity (Wildman–Crippen MR) is 97.5 cm³/mol. The Morgan fingerprint density at radius 3 is 2.59 bits per heavy atom. The van der Waals surface area contributed by atoms with E-state index >= 15 is 0 Å². The number of aromatic nitrogens is 1. The van der Waals surface area contributed by atoms with E-state index in [-0.39, 0.29) is 36.4 Å². The molecular formula is C14H26IN5O2. The standard InChI is InChI=1S/C14H25N5O2.HI/c1-6-15-14(17-9-13(20)19(4)5)16-8-11-7-12(10(2)3)18-21-11;/h7,10H,6,8-9H2,1-5H3,(H2,15,16,17);1H. The highest BCUT2D eigenvalue weighted by molar-refractivity contribution is 14.0. The van der Waals surface area contributed by atoms with Crippen molar-refractivity contribution in [3.8, 4) is 0 Å². The lowest BCUT2D eigenvalue weighted by atomic mass is 10.1. The van der Waals surface area contributed by atoms with Crippen LogP contribution in [0.25, 0.3) is 0 Å². The predicted octanol–water partition coefficient (Wildman–Crippen LogP) is 1.56. The van der Waals surface area contributed by atoms with E-state index in [1.807, 2.05) is 13.0 Å². The van der Waals surface area contributed by atoms with Gasteiger partial charge in [0.15, 0.2) is 11.7 Å². The Morgan fingerprint density at radius 1 is 1.41 bits per heavy atom. The summed E-state index contributed by atoms with van der Waals surface area (Å²) in [5, 5.41) is 10.2. The molecule has 22 heavy (non-hydrogen) atoms. The molecule has 0 atom stereocenters. The van der Waals surface area contributed by atoms with Crippen LogP contribution in [0.15, 0.2) is 15.6 Å². The van der Waals surface area contributed by atoms with E-state index in [9.17, 15) is 4.79 Å². The average Bonchev–Trinajstić information content (AvgIpc) is 2.90. The van der Waals surface area contributed by atoms with Gasteiger partial charge in [-0.2, -0.15) is 0 Å². The van der Waals surface area contributed by atoms with Gasteiger partial charge < -0.3 is 20.1 Å². The largest absolute Gasteiger partial charge is 0.359 e. The molecule has 1 heterocycles. The summed E-state index contributed by atoms with van der Waals surface area (Å²) < 4.78 is 5.25. The van der Waals surface area contributed by atoms with E-state index in [0.717, 1.165) is 18.0 Å². The van der Waals surface area contributed by atoms with Gasteiger partial charge in [0.25, 0.3) is 0 Å². The molecule has 0 fully saturated rings. The Morgan fingerprint density at radius 2 is 2.09 bits per heavy atom. The van der Waals surface area contributed by atoms with Crippen molar-refractivity contribution >= 4 is 35.8 Å². The highest BCUT2D eigenvalue weighted by Crippen LogP contribution is 2.13. The van der Waals surface area contributed by atoms with Crippen LogP contribution < -0.4 is 10.6 Å². The van der Waals surface area contributed by atoms with E-state index in [2.05, 4.69) is 34.6 Å². The van der Waals surface area contributed by atoms with Crippen LogP contribution in [0, 0.1) is 0 Å². The summed E-state index contributed by atoms with van der Waals surface area (Å²) in [5.41, 5.74) is 0.927. The zero-order valence-corrected chi connectivity index (χ0v) is 16.2. The van der Waals surface area contributed by atoms with Crippen LogP contribution >= 0.6 is 24.0 Å². The molecule has 0 saturated heterocycles. The Kier molecular flexibility index (Phi) is 9.79. The molecule has 1 aromatic heterocycles. The number of hydrogen-bond donors (Lipinski definition) is 2. The van der Waals surface area contributed by atoms with Gasteiger partial charge in [-0.05, 0) is 12.8 Å². The van der Waals surface area contributed by atoms with Gasteiger partial charge in [-0.15, -0.1) is 24.0 Å². The second kappa shape index (κ2) is 10.4. The number of aliphatic imine (C=N–C) groups is 1. The van der Waals surface area contributed by atoms with Crippen molar-refractivity contribution in [1.29, 1.82) is 0 Å². The molecule has 8 heteroatoms. The van der Waals surface area contributed by atoms with Crippen molar-refractivity contribution < 1.29 is 9.32 Å². The second-order valence-electron chi connectivity index (χ2n) is 5.21. The number of rotatable bonds is 6. The molecule has 0 aliphatic heterocycles. The summed E-state index contributed by atoms with van der Waals surface area (Å²) in [7, 11) is 3.42. The van der Waals surface area contributed by atoms with E-state index in [0.29, 0.717) is 18.4 Å². The van der Waals surface area contributed by atoms with E-state index < -0.39 is 0 Å². The fourth-order valence-corrected chi connectivity index (χ4v) is 1.49. The van der Waals surface area contributed by atoms with Gasteiger partial charge in [0.2, 0.25) is 5.91 Å². The number of halogens is 1. The third-order valence-electron chi connectivity index (χ3n) is 2.81. The van der Waals surface area contributed by atoms with E-state index in [4.69, 9.17) is 4.52 Å². The van der Waals surface area contributed by atoms with Crippen LogP contribution in [0.1, 0.15) is 38.1 Å². The fraction of sp³-hybridized carbons (Fsp3) is 0.643. The van der Waals surface area contributed by atoms with Crippen LogP contribution in [-0.2, 0) is 11.3 Å². The van der Waals surface area contributed by atoms with Crippen molar-refractivity contribution in [3.63, 3.8) is 0 Å². The number of likely N-dealkylation sites (N-methyl/N-ethyl adjacent to an activating group) is 1. The molecule has 0 aromatic carbocycles. The van der Waals surface area contributed by atoms with Gasteiger partial charge in [0, 0.05) is 26.7 Å². The van der Waals surface area contributed by atoms with Gasteiger partial charge in [0.05, 0.1) is 12.2 Å². The highest BCUT2D eigenvalue weighted by Gasteiger charge is 2.08. The lowest BCUT2D eigenvalue weighted by molar-refractivity contribution is -0.127. The monoisotopic (exact) mass is 423 g/mol. The molecule has 0 bridgehead atoms. The molecule has 0 saturated carbocycles. The maximum Gasteiger partial charge on any atom is 0.243 e. The molecule has 2 N–H and O–H groups in total. The Hall–Kier alpha value is -1.32. The molecule has 1 aromatic rings. The van der Waals surface area contributed by atoms with Crippen LogP contribution in [0.2, 0.25) is 0 Å². The van der Waals surface area contributed by atoms with Gasteiger partial charge in [-0.3, -0.25) is 4.79 Å². The van der Waals surface area contributed by atoms with Crippen molar-refractivity contribution in [3.05, 3.63) is 17.5 Å². The first-order valence-corrected chi connectivity index (χ1v) is 7.11. The van der Waals surface area contributed by atoms with Crippen LogP contribution in [0.4, 0.5) is 0 Å². The molecular weight excluding hydrogens is 397 g/mol. The summed E-state index contributed by atoms with van der Waals surface area (Å²) in [6, 6.07) is 1.92. The number of guanidine groups is 1. The zero-order chi connectivity index (χ0) is 15.8. The number of carbonyl (C=O) groups is 1. The van der Waals surface area contributed by atoms with Crippen LogP contribution in [0.5, 0.6) is 0 Å². The summed E-state index contributed by atoms with van der Waals surface area (Å²) in [4.78, 5) is 17.3. The minimum absolute atomic E-state index is 0. The second-order valence-corrected chi connectivity index (χ2v) is 5.21. The Bertz CT molecular complexity index is 485. The minimum Gasteiger partial charge on any atom is -0.359 e. The number of amides is 1. The third kappa shape index (κ3) is 7.10. The topological polar surface area (TPSA) is 82.8 Å². The smallest absolute Gasteiger partial charge is 0.243 e. The summed E-state index contributed by atoms with van der Waals surface area (Å²) in [6.07, 6.45) is 0. The van der Waals surface area contributed by atoms with Crippen molar-refractivity contribution in [2.45, 2.75) is 33.2 Å². The zero-order valence-electron chi connectivity index (χ0n) is 13.8. The molecule has 0 radical (unpaired) electrons. The normalized spacial score (nSPS) is 11.1. The molecule has 0 aliphatic rings. The Labute approximate surface area is 148 Å². The first-order valence-electron chi connectivity index (χ1n) is 7.11. The van der Waals surface area contributed by atoms with E-state index in [1.165, 1.54) is 4.90 Å². The molecule has 126 valence electrons. The molecule has 1 amide bonds. The first kappa shape index (κ1) is 20.7. The lowest BCUT2D eigenvalue weighted by Crippen LogP contribution is -2.38. The van der Waals surface area contributed by atoms with Gasteiger partial charge >= 0.3 is 0 Å². The third-order valence-corrected chi connectivity index (χ3v) is 2.81. The number of nitrogens with zero attached hydrogens (tertiary/aromatic N) is 3. The maximum atomic E-state index is 11.5. The van der Waals surface area contributed by atoms with Crippen molar-refractivity contribution in [2.75, 3.05) is 27.2 Å². The average molecular weight is 423 g/mol. The summed E-state index contributed by atoms with van der Waals surface area (Å²) >= 11 is 0. The molecule has 1 rings (SSSR count). The number of carbonyl (C=O) groups excluding carboxylic acids is 1. The Balaban J connectivity index is 0.00000441. The van der Waals surface area contributed by atoms with Gasteiger partial charge in [-0.25, -0.2) is 4.99 Å². The highest BCUT2D eigenvalue weighted by atomic mass is 127. The van der Waals surface area contributed by atoms with Crippen LogP contribution in [0.3, 0.4) is 0 Å². The van der Waals surface area contributed by atoms with E-state index in [1.54, 1.807) is 14.1 Å². The van der Waals surface area contributed by atoms with Crippen molar-refractivity contribution in [1.82, 2.24) is 20.7 Å². The van der Waals surface area contributed by atoms with Crippen molar-refractivity contribution in [2.24, 2.45) is 4.99 Å². The maximum absolute atomic E-state index is 11.5. The molecule has 7 nitrogen and oxygen atoms in total. The van der Waals surface area contributed by atoms with Gasteiger partial charge in [-0.1, -0.05) is 19.0 Å². The number of nitrogens with one attached hydrogen (secondary N) is 2. The fourth-order valence-electron chi connectivity index (χ4n) is 1.49. The quantitative estimate of drug-likeness (QED) is 0.412. The molecule has 0 aliphatic carbocycles. The first-order chi connectivity index (χ1) is 9.93.